The van der Waals surface area contributed by atoms with Crippen molar-refractivity contribution in [1.82, 2.24) is 5.32 Å². The molecule has 1 fully saturated rings. The zero-order chi connectivity index (χ0) is 20.4. The zero-order valence-electron chi connectivity index (χ0n) is 15.4. The second-order valence-corrected chi connectivity index (χ2v) is 9.61. The molecule has 1 amide bonds. The van der Waals surface area contributed by atoms with Crippen LogP contribution in [0.15, 0.2) is 72.8 Å². The number of nitrogens with one attached hydrogen (secondary N) is 1. The van der Waals surface area contributed by atoms with Gasteiger partial charge in [-0.05, 0) is 59.5 Å². The third kappa shape index (κ3) is 4.59. The third-order valence-corrected chi connectivity index (χ3v) is 7.30. The molecule has 1 unspecified atom stereocenters. The molecule has 0 saturated carbocycles. The quantitative estimate of drug-likeness (QED) is 0.447. The van der Waals surface area contributed by atoms with E-state index in [0.29, 0.717) is 27.2 Å². The van der Waals surface area contributed by atoms with Crippen molar-refractivity contribution in [2.45, 2.75) is 17.2 Å². The van der Waals surface area contributed by atoms with Crippen molar-refractivity contribution >= 4 is 52.5 Å². The number of benzene rings is 3. The molecule has 0 radical (unpaired) electrons. The minimum atomic E-state index is -0.536. The summed E-state index contributed by atoms with van der Waals surface area (Å²) < 4.78 is 0. The summed E-state index contributed by atoms with van der Waals surface area (Å²) in [7, 11) is 0. The molecule has 29 heavy (non-hydrogen) atoms. The number of rotatable bonds is 5. The number of hydrogen-bond donors (Lipinski definition) is 1. The van der Waals surface area contributed by atoms with Crippen molar-refractivity contribution < 1.29 is 4.79 Å². The molecule has 1 aliphatic heterocycles. The molecular formula is C23H18Cl3NOS. The Hall–Kier alpha value is -1.65. The largest absolute Gasteiger partial charge is 0.337 e. The number of halogens is 3. The highest BCUT2D eigenvalue weighted by molar-refractivity contribution is 8.01. The monoisotopic (exact) mass is 461 g/mol. The van der Waals surface area contributed by atoms with Crippen LogP contribution in [0, 0.1) is 0 Å². The fourth-order valence-electron chi connectivity index (χ4n) is 3.69. The highest BCUT2D eigenvalue weighted by atomic mass is 35.5. The Balaban J connectivity index is 1.78. The summed E-state index contributed by atoms with van der Waals surface area (Å²) in [5.74, 6) is 0.512. The summed E-state index contributed by atoms with van der Waals surface area (Å²) in [6.07, 6.45) is 0.689. The maximum absolute atomic E-state index is 12.2. The summed E-state index contributed by atoms with van der Waals surface area (Å²) in [6.45, 7) is 0. The first-order chi connectivity index (χ1) is 13.9. The van der Waals surface area contributed by atoms with Crippen LogP contribution in [-0.4, -0.2) is 11.7 Å². The first-order valence-electron chi connectivity index (χ1n) is 9.17. The smallest absolute Gasteiger partial charge is 0.231 e. The van der Waals surface area contributed by atoms with Gasteiger partial charge in [-0.2, -0.15) is 0 Å². The number of amides is 1. The van der Waals surface area contributed by atoms with Crippen LogP contribution in [0.25, 0.3) is 0 Å². The molecule has 1 N–H and O–H groups in total. The van der Waals surface area contributed by atoms with E-state index in [1.165, 1.54) is 0 Å². The van der Waals surface area contributed by atoms with Crippen molar-refractivity contribution in [3.8, 4) is 0 Å². The fraction of sp³-hybridized carbons (Fsp3) is 0.174. The standard InChI is InChI=1S/C23H18Cl3NOS/c24-18-7-1-15(2-8-18)21(16-3-9-19(25)10-4-16)13-23(27-22(28)14-29-23)17-5-11-20(26)12-6-17/h1-12,21H,13-14H2,(H,27,28). The fourth-order valence-corrected chi connectivity index (χ4v) is 5.30. The van der Waals surface area contributed by atoms with Crippen LogP contribution in [0.3, 0.4) is 0 Å². The van der Waals surface area contributed by atoms with E-state index in [2.05, 4.69) is 5.32 Å². The van der Waals surface area contributed by atoms with E-state index in [4.69, 9.17) is 34.8 Å². The van der Waals surface area contributed by atoms with Gasteiger partial charge in [-0.1, -0.05) is 71.2 Å². The summed E-state index contributed by atoms with van der Waals surface area (Å²) in [5, 5.41) is 5.28. The maximum atomic E-state index is 12.2. The Morgan fingerprint density at radius 3 is 1.66 bits per heavy atom. The molecule has 3 aromatic carbocycles. The Labute approximate surface area is 189 Å². The van der Waals surface area contributed by atoms with Gasteiger partial charge in [-0.15, -0.1) is 11.8 Å². The van der Waals surface area contributed by atoms with E-state index in [0.717, 1.165) is 16.7 Å². The van der Waals surface area contributed by atoms with Crippen LogP contribution in [0.2, 0.25) is 15.1 Å². The summed E-state index contributed by atoms with van der Waals surface area (Å²) in [6, 6.07) is 23.5. The van der Waals surface area contributed by atoms with E-state index in [1.807, 2.05) is 72.8 Å². The van der Waals surface area contributed by atoms with Gasteiger partial charge >= 0.3 is 0 Å². The molecule has 1 aliphatic rings. The normalized spacial score (nSPS) is 18.8. The van der Waals surface area contributed by atoms with Gasteiger partial charge in [-0.25, -0.2) is 0 Å². The minimum absolute atomic E-state index is 0.0379. The lowest BCUT2D eigenvalue weighted by Crippen LogP contribution is -2.38. The Morgan fingerprint density at radius 2 is 1.24 bits per heavy atom. The first kappa shape index (κ1) is 20.6. The molecule has 1 atom stereocenters. The third-order valence-electron chi connectivity index (χ3n) is 5.14. The van der Waals surface area contributed by atoms with E-state index in [1.54, 1.807) is 11.8 Å². The molecule has 3 aromatic rings. The van der Waals surface area contributed by atoms with Crippen LogP contribution in [0.4, 0.5) is 0 Å². The van der Waals surface area contributed by atoms with Gasteiger partial charge in [0.25, 0.3) is 0 Å². The maximum Gasteiger partial charge on any atom is 0.231 e. The highest BCUT2D eigenvalue weighted by Gasteiger charge is 2.42. The number of thioether (sulfide) groups is 1. The molecule has 0 spiro atoms. The Morgan fingerprint density at radius 1 is 0.793 bits per heavy atom. The molecular weight excluding hydrogens is 445 g/mol. The van der Waals surface area contributed by atoms with Gasteiger partial charge in [0.1, 0.15) is 4.87 Å². The molecule has 0 aliphatic carbocycles. The van der Waals surface area contributed by atoms with Crippen molar-refractivity contribution in [2.75, 3.05) is 5.75 Å². The highest BCUT2D eigenvalue weighted by Crippen LogP contribution is 2.47. The minimum Gasteiger partial charge on any atom is -0.337 e. The molecule has 1 saturated heterocycles. The van der Waals surface area contributed by atoms with Crippen LogP contribution >= 0.6 is 46.6 Å². The summed E-state index contributed by atoms with van der Waals surface area (Å²) in [4.78, 5) is 11.7. The average Bonchev–Trinajstić information content (AvgIpc) is 3.10. The van der Waals surface area contributed by atoms with E-state index in [9.17, 15) is 4.79 Å². The average molecular weight is 463 g/mol. The van der Waals surface area contributed by atoms with Crippen LogP contribution < -0.4 is 5.32 Å². The van der Waals surface area contributed by atoms with Gasteiger partial charge in [-0.3, -0.25) is 4.79 Å². The lowest BCUT2D eigenvalue weighted by molar-refractivity contribution is -0.118. The molecule has 1 heterocycles. The number of carbonyl (C=O) groups excluding carboxylic acids is 1. The molecule has 4 rings (SSSR count). The van der Waals surface area contributed by atoms with Crippen molar-refractivity contribution in [1.29, 1.82) is 0 Å². The predicted octanol–water partition coefficient (Wildman–Crippen LogP) is 6.88. The van der Waals surface area contributed by atoms with E-state index in [-0.39, 0.29) is 11.8 Å². The van der Waals surface area contributed by atoms with Gasteiger partial charge in [0.2, 0.25) is 5.91 Å². The second-order valence-electron chi connectivity index (χ2n) is 7.03. The van der Waals surface area contributed by atoms with E-state index >= 15 is 0 Å². The SMILES string of the molecule is O=C1CSC(CC(c2ccc(Cl)cc2)c2ccc(Cl)cc2)(c2ccc(Cl)cc2)N1. The summed E-state index contributed by atoms with van der Waals surface area (Å²) >= 11 is 20.0. The Kier molecular flexibility index (Phi) is 6.12. The first-order valence-corrected chi connectivity index (χ1v) is 11.3. The molecule has 0 aromatic heterocycles. The Bertz CT molecular complexity index is 960. The van der Waals surface area contributed by atoms with Crippen molar-refractivity contribution in [3.05, 3.63) is 105 Å². The molecule has 6 heteroatoms. The van der Waals surface area contributed by atoms with Gasteiger partial charge in [0.05, 0.1) is 5.75 Å². The number of carbonyl (C=O) groups is 1. The van der Waals surface area contributed by atoms with Gasteiger partial charge in [0.15, 0.2) is 0 Å². The number of hydrogen-bond acceptors (Lipinski definition) is 2. The van der Waals surface area contributed by atoms with E-state index < -0.39 is 4.87 Å². The van der Waals surface area contributed by atoms with Crippen LogP contribution in [-0.2, 0) is 9.67 Å². The topological polar surface area (TPSA) is 29.1 Å². The van der Waals surface area contributed by atoms with Crippen molar-refractivity contribution in [2.24, 2.45) is 0 Å². The summed E-state index contributed by atoms with van der Waals surface area (Å²) in [5.41, 5.74) is 3.30. The van der Waals surface area contributed by atoms with Gasteiger partial charge < -0.3 is 5.32 Å². The lowest BCUT2D eigenvalue weighted by Gasteiger charge is -2.33. The molecule has 2 nitrogen and oxygen atoms in total. The van der Waals surface area contributed by atoms with Crippen molar-refractivity contribution in [3.63, 3.8) is 0 Å². The molecule has 148 valence electrons. The lowest BCUT2D eigenvalue weighted by atomic mass is 9.83. The van der Waals surface area contributed by atoms with Crippen LogP contribution in [0.5, 0.6) is 0 Å². The predicted molar refractivity (Wildman–Crippen MR) is 123 cm³/mol. The zero-order valence-corrected chi connectivity index (χ0v) is 18.5. The molecule has 0 bridgehead atoms. The van der Waals surface area contributed by atoms with Crippen LogP contribution in [0.1, 0.15) is 29.0 Å². The second kappa shape index (κ2) is 8.61. The van der Waals surface area contributed by atoms with Gasteiger partial charge in [0, 0.05) is 21.0 Å².